The molecule has 0 fully saturated rings. The van der Waals surface area contributed by atoms with E-state index in [-0.39, 0.29) is 5.91 Å². The number of pyridine rings is 1. The fourth-order valence-electron chi connectivity index (χ4n) is 2.89. The van der Waals surface area contributed by atoms with E-state index in [0.29, 0.717) is 41.8 Å². The first-order chi connectivity index (χ1) is 13.6. The van der Waals surface area contributed by atoms with Crippen LogP contribution in [0.5, 0.6) is 11.5 Å². The van der Waals surface area contributed by atoms with Crippen molar-refractivity contribution in [2.24, 2.45) is 0 Å². The highest BCUT2D eigenvalue weighted by atomic mass is 16.6. The van der Waals surface area contributed by atoms with E-state index in [9.17, 15) is 4.79 Å². The van der Waals surface area contributed by atoms with Gasteiger partial charge in [0, 0.05) is 23.6 Å². The number of carbonyl (C=O) groups excluding carboxylic acids is 1. The van der Waals surface area contributed by atoms with Gasteiger partial charge in [0.25, 0.3) is 5.91 Å². The monoisotopic (exact) mass is 375 g/mol. The highest BCUT2D eigenvalue weighted by molar-refractivity contribution is 6.04. The quantitative estimate of drug-likeness (QED) is 0.704. The lowest BCUT2D eigenvalue weighted by Gasteiger charge is -2.19. The minimum absolute atomic E-state index is 0.234. The van der Waals surface area contributed by atoms with Gasteiger partial charge in [0.2, 0.25) is 0 Å². The third-order valence-electron chi connectivity index (χ3n) is 4.61. The predicted octanol–water partition coefficient (Wildman–Crippen LogP) is 4.47. The summed E-state index contributed by atoms with van der Waals surface area (Å²) < 4.78 is 11.0. The van der Waals surface area contributed by atoms with E-state index < -0.39 is 0 Å². The SMILES string of the molecule is Cc1ccc(Nc2ccc(C(=O)Nc3ccc4c(c3)OCCO4)cn2)cc1C. The number of benzene rings is 2. The predicted molar refractivity (Wildman–Crippen MR) is 109 cm³/mol. The van der Waals surface area contributed by atoms with Gasteiger partial charge in [-0.25, -0.2) is 4.98 Å². The van der Waals surface area contributed by atoms with Crippen molar-refractivity contribution in [2.75, 3.05) is 23.8 Å². The van der Waals surface area contributed by atoms with Gasteiger partial charge >= 0.3 is 0 Å². The molecule has 1 amide bonds. The summed E-state index contributed by atoms with van der Waals surface area (Å²) >= 11 is 0. The summed E-state index contributed by atoms with van der Waals surface area (Å²) in [5.74, 6) is 1.77. The molecule has 6 heteroatoms. The molecule has 6 nitrogen and oxygen atoms in total. The number of fused-ring (bicyclic) bond motifs is 1. The summed E-state index contributed by atoms with van der Waals surface area (Å²) in [7, 11) is 0. The Labute approximate surface area is 163 Å². The zero-order valence-electron chi connectivity index (χ0n) is 15.8. The number of aryl methyl sites for hydroxylation is 2. The van der Waals surface area contributed by atoms with E-state index in [4.69, 9.17) is 9.47 Å². The first-order valence-electron chi connectivity index (χ1n) is 9.10. The highest BCUT2D eigenvalue weighted by Crippen LogP contribution is 2.32. The van der Waals surface area contributed by atoms with Crippen LogP contribution in [0.15, 0.2) is 54.7 Å². The van der Waals surface area contributed by atoms with Crippen LogP contribution in [0.25, 0.3) is 0 Å². The second-order valence-electron chi connectivity index (χ2n) is 6.67. The van der Waals surface area contributed by atoms with Crippen molar-refractivity contribution in [1.82, 2.24) is 4.98 Å². The number of rotatable bonds is 4. The van der Waals surface area contributed by atoms with Crippen molar-refractivity contribution in [3.05, 3.63) is 71.4 Å². The van der Waals surface area contributed by atoms with E-state index in [2.05, 4.69) is 41.6 Å². The van der Waals surface area contributed by atoms with Gasteiger partial charge in [-0.1, -0.05) is 6.07 Å². The number of nitrogens with zero attached hydrogens (tertiary/aromatic N) is 1. The van der Waals surface area contributed by atoms with E-state index in [0.717, 1.165) is 5.69 Å². The molecule has 0 radical (unpaired) electrons. The van der Waals surface area contributed by atoms with Crippen LogP contribution in [0.3, 0.4) is 0 Å². The molecule has 3 aromatic rings. The van der Waals surface area contributed by atoms with Gasteiger partial charge in [-0.05, 0) is 61.4 Å². The van der Waals surface area contributed by atoms with Crippen molar-refractivity contribution >= 4 is 23.1 Å². The van der Waals surface area contributed by atoms with E-state index in [1.807, 2.05) is 6.07 Å². The number of hydrogen-bond acceptors (Lipinski definition) is 5. The summed E-state index contributed by atoms with van der Waals surface area (Å²) in [5, 5.41) is 6.11. The molecule has 28 heavy (non-hydrogen) atoms. The average Bonchev–Trinajstić information content (AvgIpc) is 2.71. The number of hydrogen-bond donors (Lipinski definition) is 2. The zero-order chi connectivity index (χ0) is 19.5. The maximum atomic E-state index is 12.5. The summed E-state index contributed by atoms with van der Waals surface area (Å²) in [4.78, 5) is 16.8. The summed E-state index contributed by atoms with van der Waals surface area (Å²) in [6.45, 7) is 5.18. The van der Waals surface area contributed by atoms with Crippen molar-refractivity contribution in [2.45, 2.75) is 13.8 Å². The summed E-state index contributed by atoms with van der Waals surface area (Å²) in [6.07, 6.45) is 1.55. The number of nitrogens with one attached hydrogen (secondary N) is 2. The van der Waals surface area contributed by atoms with E-state index in [1.54, 1.807) is 36.5 Å². The molecular formula is C22H21N3O3. The Kier molecular flexibility index (Phi) is 4.85. The molecule has 0 atom stereocenters. The van der Waals surface area contributed by atoms with Gasteiger partial charge < -0.3 is 20.1 Å². The smallest absolute Gasteiger partial charge is 0.257 e. The standard InChI is InChI=1S/C22H21N3O3/c1-14-3-5-17(11-15(14)2)24-21-8-4-16(13-23-21)22(26)25-18-6-7-19-20(12-18)28-10-9-27-19/h3-8,11-13H,9-10H2,1-2H3,(H,23,24)(H,25,26). The highest BCUT2D eigenvalue weighted by Gasteiger charge is 2.13. The molecule has 142 valence electrons. The van der Waals surface area contributed by atoms with Gasteiger partial charge in [-0.2, -0.15) is 0 Å². The molecule has 0 aliphatic carbocycles. The van der Waals surface area contributed by atoms with Crippen LogP contribution < -0.4 is 20.1 Å². The Bertz CT molecular complexity index is 1020. The molecular weight excluding hydrogens is 354 g/mol. The summed E-state index contributed by atoms with van der Waals surface area (Å²) in [5.41, 5.74) is 4.53. The van der Waals surface area contributed by atoms with Crippen molar-refractivity contribution in [3.8, 4) is 11.5 Å². The van der Waals surface area contributed by atoms with Crippen LogP contribution in [0.1, 0.15) is 21.5 Å². The second kappa shape index (κ2) is 7.60. The molecule has 1 aliphatic rings. The van der Waals surface area contributed by atoms with Crippen molar-refractivity contribution in [3.63, 3.8) is 0 Å². The molecule has 1 aromatic heterocycles. The van der Waals surface area contributed by atoms with E-state index in [1.165, 1.54) is 11.1 Å². The third kappa shape index (κ3) is 3.91. The number of ether oxygens (including phenoxy) is 2. The molecule has 0 saturated carbocycles. The molecule has 0 saturated heterocycles. The van der Waals surface area contributed by atoms with Gasteiger partial charge in [0.1, 0.15) is 19.0 Å². The Morgan fingerprint density at radius 3 is 2.43 bits per heavy atom. The zero-order valence-corrected chi connectivity index (χ0v) is 15.8. The van der Waals surface area contributed by atoms with Crippen LogP contribution in [0.4, 0.5) is 17.2 Å². The maximum Gasteiger partial charge on any atom is 0.257 e. The second-order valence-corrected chi connectivity index (χ2v) is 6.67. The van der Waals surface area contributed by atoms with Crippen molar-refractivity contribution in [1.29, 1.82) is 0 Å². The maximum absolute atomic E-state index is 12.5. The third-order valence-corrected chi connectivity index (χ3v) is 4.61. The lowest BCUT2D eigenvalue weighted by Crippen LogP contribution is -2.16. The van der Waals surface area contributed by atoms with Crippen LogP contribution in [0, 0.1) is 13.8 Å². The van der Waals surface area contributed by atoms with Gasteiger partial charge in [0.15, 0.2) is 11.5 Å². The minimum atomic E-state index is -0.234. The van der Waals surface area contributed by atoms with Gasteiger partial charge in [-0.15, -0.1) is 0 Å². The summed E-state index contributed by atoms with van der Waals surface area (Å²) in [6, 6.07) is 15.0. The minimum Gasteiger partial charge on any atom is -0.486 e. The molecule has 0 bridgehead atoms. The molecule has 1 aliphatic heterocycles. The fourth-order valence-corrected chi connectivity index (χ4v) is 2.89. The number of aromatic nitrogens is 1. The normalized spacial score (nSPS) is 12.4. The first kappa shape index (κ1) is 17.9. The molecule has 0 unspecified atom stereocenters. The lowest BCUT2D eigenvalue weighted by molar-refractivity contribution is 0.102. The molecule has 2 N–H and O–H groups in total. The molecule has 2 aromatic carbocycles. The van der Waals surface area contributed by atoms with Crippen LogP contribution >= 0.6 is 0 Å². The van der Waals surface area contributed by atoms with Crippen LogP contribution in [0.2, 0.25) is 0 Å². The van der Waals surface area contributed by atoms with Gasteiger partial charge in [-0.3, -0.25) is 4.79 Å². The average molecular weight is 375 g/mol. The molecule has 0 spiro atoms. The largest absolute Gasteiger partial charge is 0.486 e. The molecule has 2 heterocycles. The fraction of sp³-hybridized carbons (Fsp3) is 0.182. The Morgan fingerprint density at radius 2 is 1.68 bits per heavy atom. The topological polar surface area (TPSA) is 72.5 Å². The van der Waals surface area contributed by atoms with Crippen LogP contribution in [-0.4, -0.2) is 24.1 Å². The first-order valence-corrected chi connectivity index (χ1v) is 9.10. The Balaban J connectivity index is 1.43. The number of amides is 1. The van der Waals surface area contributed by atoms with Crippen molar-refractivity contribution < 1.29 is 14.3 Å². The van der Waals surface area contributed by atoms with E-state index >= 15 is 0 Å². The number of carbonyl (C=O) groups is 1. The Morgan fingerprint density at radius 1 is 0.893 bits per heavy atom. The Hall–Kier alpha value is -3.54. The lowest BCUT2D eigenvalue weighted by atomic mass is 10.1. The molecule has 4 rings (SSSR count). The van der Waals surface area contributed by atoms with Crippen LogP contribution in [-0.2, 0) is 0 Å². The van der Waals surface area contributed by atoms with Gasteiger partial charge in [0.05, 0.1) is 5.56 Å². The number of anilines is 3.